The molecule has 1 N–H and O–H groups in total. The largest absolute Gasteiger partial charge is 0.392 e. The first-order valence-electron chi connectivity index (χ1n) is 6.18. The van der Waals surface area contributed by atoms with Gasteiger partial charge >= 0.3 is 0 Å². The highest BCUT2D eigenvalue weighted by molar-refractivity contribution is 5.43. The molecule has 1 aliphatic rings. The number of ether oxygens (including phenoxy) is 1. The summed E-state index contributed by atoms with van der Waals surface area (Å²) in [4.78, 5) is 6.77. The van der Waals surface area contributed by atoms with Crippen molar-refractivity contribution in [1.82, 2.24) is 4.98 Å². The molecule has 1 aromatic rings. The zero-order valence-electron chi connectivity index (χ0n) is 10.5. The van der Waals surface area contributed by atoms with E-state index >= 15 is 0 Å². The highest BCUT2D eigenvalue weighted by atomic mass is 16.5. The van der Waals surface area contributed by atoms with Crippen molar-refractivity contribution in [3.05, 3.63) is 23.4 Å². The van der Waals surface area contributed by atoms with Crippen molar-refractivity contribution < 1.29 is 9.84 Å². The smallest absolute Gasteiger partial charge is 0.129 e. The second-order valence-corrected chi connectivity index (χ2v) is 4.48. The van der Waals surface area contributed by atoms with Crippen molar-refractivity contribution >= 4 is 5.82 Å². The van der Waals surface area contributed by atoms with Crippen LogP contribution in [0.15, 0.2) is 12.1 Å². The van der Waals surface area contributed by atoms with Crippen LogP contribution in [0.1, 0.15) is 24.6 Å². The molecule has 1 fully saturated rings. The number of hydrogen-bond donors (Lipinski definition) is 1. The van der Waals surface area contributed by atoms with E-state index in [1.807, 2.05) is 19.1 Å². The number of rotatable bonds is 3. The Morgan fingerprint density at radius 2 is 2.35 bits per heavy atom. The first-order valence-corrected chi connectivity index (χ1v) is 6.18. The maximum Gasteiger partial charge on any atom is 0.129 e. The van der Waals surface area contributed by atoms with Gasteiger partial charge in [0.1, 0.15) is 5.82 Å². The lowest BCUT2D eigenvalue weighted by atomic mass is 10.2. The lowest BCUT2D eigenvalue weighted by Gasteiger charge is -2.33. The summed E-state index contributed by atoms with van der Waals surface area (Å²) in [5.74, 6) is 0.954. The van der Waals surface area contributed by atoms with Crippen LogP contribution >= 0.6 is 0 Å². The van der Waals surface area contributed by atoms with Crippen LogP contribution in [-0.4, -0.2) is 35.9 Å². The highest BCUT2D eigenvalue weighted by Crippen LogP contribution is 2.19. The SMILES string of the molecule is CCC1CN(c2cc(CO)cc(C)n2)CCO1. The van der Waals surface area contributed by atoms with Crippen LogP contribution in [0.3, 0.4) is 0 Å². The van der Waals surface area contributed by atoms with E-state index in [-0.39, 0.29) is 6.61 Å². The van der Waals surface area contributed by atoms with Crippen LogP contribution in [0.4, 0.5) is 5.82 Å². The summed E-state index contributed by atoms with van der Waals surface area (Å²) in [5.41, 5.74) is 1.87. The maximum atomic E-state index is 9.21. The Hall–Kier alpha value is -1.13. The van der Waals surface area contributed by atoms with E-state index in [1.165, 1.54) is 0 Å². The summed E-state index contributed by atoms with van der Waals surface area (Å²) < 4.78 is 5.65. The van der Waals surface area contributed by atoms with Crippen molar-refractivity contribution in [2.24, 2.45) is 0 Å². The van der Waals surface area contributed by atoms with Gasteiger partial charge in [-0.2, -0.15) is 0 Å². The number of anilines is 1. The van der Waals surface area contributed by atoms with Gasteiger partial charge in [-0.05, 0) is 31.0 Å². The molecule has 1 atom stereocenters. The fraction of sp³-hybridized carbons (Fsp3) is 0.615. The molecule has 94 valence electrons. The number of morpholine rings is 1. The molecule has 1 aliphatic heterocycles. The van der Waals surface area contributed by atoms with Crippen molar-refractivity contribution in [3.8, 4) is 0 Å². The van der Waals surface area contributed by atoms with E-state index in [0.29, 0.717) is 6.10 Å². The Bertz CT molecular complexity index is 382. The molecule has 0 radical (unpaired) electrons. The van der Waals surface area contributed by atoms with Crippen LogP contribution in [0, 0.1) is 6.92 Å². The summed E-state index contributed by atoms with van der Waals surface area (Å²) >= 11 is 0. The number of pyridine rings is 1. The first kappa shape index (κ1) is 12.3. The first-order chi connectivity index (χ1) is 8.22. The molecule has 1 unspecified atom stereocenters. The van der Waals surface area contributed by atoms with Gasteiger partial charge < -0.3 is 14.7 Å². The topological polar surface area (TPSA) is 45.6 Å². The Labute approximate surface area is 102 Å². The van der Waals surface area contributed by atoms with E-state index in [9.17, 15) is 5.11 Å². The highest BCUT2D eigenvalue weighted by Gasteiger charge is 2.20. The summed E-state index contributed by atoms with van der Waals surface area (Å²) in [6.07, 6.45) is 1.32. The van der Waals surface area contributed by atoms with Crippen LogP contribution in [-0.2, 0) is 11.3 Å². The van der Waals surface area contributed by atoms with E-state index in [2.05, 4.69) is 16.8 Å². The minimum atomic E-state index is 0.0674. The fourth-order valence-electron chi connectivity index (χ4n) is 2.15. The third kappa shape index (κ3) is 2.96. The van der Waals surface area contributed by atoms with Crippen molar-refractivity contribution in [3.63, 3.8) is 0 Å². The second kappa shape index (κ2) is 5.47. The van der Waals surface area contributed by atoms with Crippen molar-refractivity contribution in [2.45, 2.75) is 33.0 Å². The van der Waals surface area contributed by atoms with Gasteiger partial charge in [0, 0.05) is 18.8 Å². The monoisotopic (exact) mass is 236 g/mol. The number of aromatic nitrogens is 1. The van der Waals surface area contributed by atoms with E-state index in [4.69, 9.17) is 4.74 Å². The zero-order chi connectivity index (χ0) is 12.3. The summed E-state index contributed by atoms with van der Waals surface area (Å²) in [7, 11) is 0. The standard InChI is InChI=1S/C13H20N2O2/c1-3-12-8-15(4-5-17-12)13-7-11(9-16)6-10(2)14-13/h6-7,12,16H,3-5,8-9H2,1-2H3. The van der Waals surface area contributed by atoms with Crippen LogP contribution in [0.25, 0.3) is 0 Å². The number of nitrogens with zero attached hydrogens (tertiary/aromatic N) is 2. The Morgan fingerprint density at radius 1 is 1.53 bits per heavy atom. The van der Waals surface area contributed by atoms with Crippen LogP contribution < -0.4 is 4.90 Å². The van der Waals surface area contributed by atoms with E-state index in [1.54, 1.807) is 0 Å². The molecule has 0 aliphatic carbocycles. The number of aliphatic hydroxyl groups is 1. The summed E-state index contributed by atoms with van der Waals surface area (Å²) in [6, 6.07) is 3.88. The van der Waals surface area contributed by atoms with Crippen LogP contribution in [0.5, 0.6) is 0 Å². The van der Waals surface area contributed by atoms with E-state index < -0.39 is 0 Å². The predicted octanol–water partition coefficient (Wildman–Crippen LogP) is 1.50. The quantitative estimate of drug-likeness (QED) is 0.864. The molecule has 0 saturated carbocycles. The Balaban J connectivity index is 2.18. The predicted molar refractivity (Wildman–Crippen MR) is 67.1 cm³/mol. The molecule has 17 heavy (non-hydrogen) atoms. The van der Waals surface area contributed by atoms with Crippen molar-refractivity contribution in [2.75, 3.05) is 24.6 Å². The molecule has 0 amide bonds. The van der Waals surface area contributed by atoms with Crippen LogP contribution in [0.2, 0.25) is 0 Å². The average Bonchev–Trinajstić information content (AvgIpc) is 2.38. The number of aliphatic hydroxyl groups excluding tert-OH is 1. The van der Waals surface area contributed by atoms with Gasteiger partial charge in [-0.15, -0.1) is 0 Å². The molecule has 1 aromatic heterocycles. The normalized spacial score (nSPS) is 20.6. The second-order valence-electron chi connectivity index (χ2n) is 4.48. The minimum absolute atomic E-state index is 0.0674. The molecule has 0 bridgehead atoms. The lowest BCUT2D eigenvalue weighted by molar-refractivity contribution is 0.0381. The summed E-state index contributed by atoms with van der Waals surface area (Å²) in [6.45, 7) is 6.67. The molecular weight excluding hydrogens is 216 g/mol. The maximum absolute atomic E-state index is 9.21. The van der Waals surface area contributed by atoms with E-state index in [0.717, 1.165) is 43.2 Å². The van der Waals surface area contributed by atoms with Gasteiger partial charge in [0.15, 0.2) is 0 Å². The van der Waals surface area contributed by atoms with Gasteiger partial charge in [0.05, 0.1) is 19.3 Å². The van der Waals surface area contributed by atoms with Gasteiger partial charge in [-0.3, -0.25) is 0 Å². The van der Waals surface area contributed by atoms with Crippen molar-refractivity contribution in [1.29, 1.82) is 0 Å². The molecule has 2 rings (SSSR count). The number of aryl methyl sites for hydroxylation is 1. The Morgan fingerprint density at radius 3 is 3.06 bits per heavy atom. The average molecular weight is 236 g/mol. The molecule has 4 nitrogen and oxygen atoms in total. The third-order valence-corrected chi connectivity index (χ3v) is 3.10. The summed E-state index contributed by atoms with van der Waals surface area (Å²) in [5, 5.41) is 9.21. The third-order valence-electron chi connectivity index (χ3n) is 3.10. The molecule has 0 spiro atoms. The molecule has 1 saturated heterocycles. The molecule has 4 heteroatoms. The van der Waals surface area contributed by atoms with Gasteiger partial charge in [0.25, 0.3) is 0 Å². The fourth-order valence-corrected chi connectivity index (χ4v) is 2.15. The molecule has 0 aromatic carbocycles. The number of hydrogen-bond acceptors (Lipinski definition) is 4. The van der Waals surface area contributed by atoms with Gasteiger partial charge in [-0.25, -0.2) is 4.98 Å². The lowest BCUT2D eigenvalue weighted by Crippen LogP contribution is -2.42. The Kier molecular flexibility index (Phi) is 3.97. The molecule has 2 heterocycles. The zero-order valence-corrected chi connectivity index (χ0v) is 10.5. The van der Waals surface area contributed by atoms with Gasteiger partial charge in [-0.1, -0.05) is 6.92 Å². The van der Waals surface area contributed by atoms with Gasteiger partial charge in [0.2, 0.25) is 0 Å². The molecular formula is C13H20N2O2. The minimum Gasteiger partial charge on any atom is -0.392 e.